The number of halogens is 2. The van der Waals surface area contributed by atoms with E-state index in [2.05, 4.69) is 10.3 Å². The maximum atomic E-state index is 13.1. The van der Waals surface area contributed by atoms with Crippen LogP contribution < -0.4 is 16.7 Å². The van der Waals surface area contributed by atoms with Gasteiger partial charge in [-0.1, -0.05) is 12.1 Å². The number of benzene rings is 2. The van der Waals surface area contributed by atoms with Crippen LogP contribution in [-0.2, 0) is 7.05 Å². The molecule has 0 spiro atoms. The highest BCUT2D eigenvalue weighted by atomic mass is 19.1. The van der Waals surface area contributed by atoms with Crippen LogP contribution in [-0.4, -0.2) is 16.6 Å². The van der Waals surface area contributed by atoms with E-state index >= 15 is 0 Å². The number of aromatic amines is 1. The zero-order valence-corrected chi connectivity index (χ0v) is 12.2. The molecule has 116 valence electrons. The Bertz CT molecular complexity index is 834. The molecule has 0 saturated carbocycles. The Kier molecular flexibility index (Phi) is 4.45. The summed E-state index contributed by atoms with van der Waals surface area (Å²) in [6.07, 6.45) is 0. The Labute approximate surface area is 125 Å². The van der Waals surface area contributed by atoms with Crippen LogP contribution in [0.5, 0.6) is 0 Å². The lowest BCUT2D eigenvalue weighted by Gasteiger charge is -2.03. The minimum atomic E-state index is -0.381. The van der Waals surface area contributed by atoms with Crippen LogP contribution in [0.15, 0.2) is 41.2 Å². The highest BCUT2D eigenvalue weighted by molar-refractivity contribution is 5.75. The SMILES string of the molecule is CNc1c(N)cccc1F.Cn1c(=O)[nH]c2cccc(F)c21. The molecule has 1 heterocycles. The average Bonchev–Trinajstić information content (AvgIpc) is 2.76. The van der Waals surface area contributed by atoms with Crippen molar-refractivity contribution < 1.29 is 8.78 Å². The molecule has 0 bridgehead atoms. The predicted octanol–water partition coefficient (Wildman–Crippen LogP) is 2.46. The van der Waals surface area contributed by atoms with Gasteiger partial charge in [0.05, 0.1) is 16.9 Å². The van der Waals surface area contributed by atoms with Crippen LogP contribution in [0.4, 0.5) is 20.2 Å². The molecule has 0 radical (unpaired) electrons. The number of nitrogens with two attached hydrogens (primary N) is 1. The van der Waals surface area contributed by atoms with Crippen LogP contribution in [0.2, 0.25) is 0 Å². The lowest BCUT2D eigenvalue weighted by atomic mass is 10.2. The number of hydrogen-bond acceptors (Lipinski definition) is 3. The van der Waals surface area contributed by atoms with Gasteiger partial charge in [-0.2, -0.15) is 0 Å². The van der Waals surface area contributed by atoms with Crippen LogP contribution in [0.25, 0.3) is 11.0 Å². The van der Waals surface area contributed by atoms with Crippen LogP contribution >= 0.6 is 0 Å². The number of imidazole rings is 1. The van der Waals surface area contributed by atoms with E-state index in [0.717, 1.165) is 0 Å². The highest BCUT2D eigenvalue weighted by Gasteiger charge is 2.06. The molecular formula is C15H16F2N4O. The number of H-pyrrole nitrogens is 1. The minimum absolute atomic E-state index is 0.296. The quantitative estimate of drug-likeness (QED) is 0.604. The van der Waals surface area contributed by atoms with Crippen molar-refractivity contribution >= 4 is 22.4 Å². The highest BCUT2D eigenvalue weighted by Crippen LogP contribution is 2.20. The van der Waals surface area contributed by atoms with Gasteiger partial charge in [0.2, 0.25) is 0 Å². The molecule has 0 amide bonds. The molecule has 0 unspecified atom stereocenters. The first-order valence-corrected chi connectivity index (χ1v) is 6.50. The van der Waals surface area contributed by atoms with Crippen molar-refractivity contribution in [3.05, 3.63) is 58.5 Å². The fourth-order valence-corrected chi connectivity index (χ4v) is 2.06. The fraction of sp³-hybridized carbons (Fsp3) is 0.133. The van der Waals surface area contributed by atoms with Crippen LogP contribution in [0.1, 0.15) is 0 Å². The number of hydrogen-bond donors (Lipinski definition) is 3. The number of aryl methyl sites for hydroxylation is 1. The number of nitrogen functional groups attached to an aromatic ring is 1. The molecule has 3 rings (SSSR count). The summed E-state index contributed by atoms with van der Waals surface area (Å²) < 4.78 is 27.0. The van der Waals surface area contributed by atoms with Gasteiger partial charge in [0.15, 0.2) is 0 Å². The molecule has 1 aromatic heterocycles. The van der Waals surface area contributed by atoms with Crippen molar-refractivity contribution in [3.63, 3.8) is 0 Å². The number of anilines is 2. The summed E-state index contributed by atoms with van der Waals surface area (Å²) in [4.78, 5) is 13.6. The molecule has 22 heavy (non-hydrogen) atoms. The largest absolute Gasteiger partial charge is 0.397 e. The zero-order valence-electron chi connectivity index (χ0n) is 12.2. The minimum Gasteiger partial charge on any atom is -0.397 e. The summed E-state index contributed by atoms with van der Waals surface area (Å²) >= 11 is 0. The molecule has 0 fully saturated rings. The Hall–Kier alpha value is -2.83. The molecule has 2 aromatic carbocycles. The van der Waals surface area contributed by atoms with E-state index in [1.807, 2.05) is 0 Å². The number of aromatic nitrogens is 2. The normalized spacial score (nSPS) is 10.2. The Morgan fingerprint density at radius 3 is 2.32 bits per heavy atom. The standard InChI is InChI=1S/C8H7FN2O.C7H9FN2/c1-11-7-5(9)3-2-4-6(7)10-8(11)12;1-10-7-5(8)3-2-4-6(7)9/h2-4H,1H3,(H,10,12);2-4,10H,9H2,1H3. The van der Waals surface area contributed by atoms with Crippen molar-refractivity contribution in [2.24, 2.45) is 7.05 Å². The molecule has 5 nitrogen and oxygen atoms in total. The van der Waals surface area contributed by atoms with Gasteiger partial charge < -0.3 is 16.0 Å². The second-order valence-corrected chi connectivity index (χ2v) is 4.58. The molecule has 0 aliphatic heterocycles. The van der Waals surface area contributed by atoms with Gasteiger partial charge in [0.25, 0.3) is 0 Å². The molecule has 0 aliphatic carbocycles. The van der Waals surface area contributed by atoms with Gasteiger partial charge in [0.1, 0.15) is 17.2 Å². The van der Waals surface area contributed by atoms with Gasteiger partial charge in [-0.25, -0.2) is 13.6 Å². The third kappa shape index (κ3) is 2.93. The first kappa shape index (κ1) is 15.6. The molecular weight excluding hydrogens is 290 g/mol. The number of rotatable bonds is 1. The molecule has 0 aliphatic rings. The predicted molar refractivity (Wildman–Crippen MR) is 83.9 cm³/mol. The summed E-state index contributed by atoms with van der Waals surface area (Å²) in [7, 11) is 3.17. The van der Waals surface area contributed by atoms with E-state index in [-0.39, 0.29) is 17.3 Å². The maximum absolute atomic E-state index is 13.1. The first-order chi connectivity index (χ1) is 10.5. The fourth-order valence-electron chi connectivity index (χ4n) is 2.06. The van der Waals surface area contributed by atoms with Gasteiger partial charge in [-0.3, -0.25) is 4.57 Å². The summed E-state index contributed by atoms with van der Waals surface area (Å²) in [6.45, 7) is 0. The van der Waals surface area contributed by atoms with Crippen molar-refractivity contribution in [2.75, 3.05) is 18.1 Å². The average molecular weight is 306 g/mol. The molecule has 4 N–H and O–H groups in total. The summed E-state index contributed by atoms with van der Waals surface area (Å²) in [5.41, 5.74) is 6.78. The maximum Gasteiger partial charge on any atom is 0.326 e. The van der Waals surface area contributed by atoms with E-state index in [1.54, 1.807) is 31.3 Å². The van der Waals surface area contributed by atoms with Crippen molar-refractivity contribution in [2.45, 2.75) is 0 Å². The molecule has 7 heteroatoms. The molecule has 3 aromatic rings. The van der Waals surface area contributed by atoms with E-state index in [4.69, 9.17) is 5.73 Å². The summed E-state index contributed by atoms with van der Waals surface area (Å²) in [5.74, 6) is -0.698. The van der Waals surface area contributed by atoms with Crippen LogP contribution in [0.3, 0.4) is 0 Å². The lowest BCUT2D eigenvalue weighted by Crippen LogP contribution is -2.12. The third-order valence-electron chi connectivity index (χ3n) is 3.16. The monoisotopic (exact) mass is 306 g/mol. The number of fused-ring (bicyclic) bond motifs is 1. The van der Waals surface area contributed by atoms with E-state index in [1.165, 1.54) is 23.7 Å². The second-order valence-electron chi connectivity index (χ2n) is 4.58. The van der Waals surface area contributed by atoms with Crippen molar-refractivity contribution in [1.82, 2.24) is 9.55 Å². The third-order valence-corrected chi connectivity index (χ3v) is 3.16. The van der Waals surface area contributed by atoms with E-state index in [0.29, 0.717) is 22.4 Å². The Morgan fingerprint density at radius 2 is 1.77 bits per heavy atom. The molecule has 0 atom stereocenters. The van der Waals surface area contributed by atoms with Gasteiger partial charge in [0, 0.05) is 14.1 Å². The second kappa shape index (κ2) is 6.30. The lowest BCUT2D eigenvalue weighted by molar-refractivity contribution is 0.630. The van der Waals surface area contributed by atoms with E-state index < -0.39 is 0 Å². The van der Waals surface area contributed by atoms with Crippen molar-refractivity contribution in [3.8, 4) is 0 Å². The van der Waals surface area contributed by atoms with Gasteiger partial charge in [-0.05, 0) is 24.3 Å². The van der Waals surface area contributed by atoms with Gasteiger partial charge in [-0.15, -0.1) is 0 Å². The zero-order chi connectivity index (χ0) is 16.3. The van der Waals surface area contributed by atoms with Crippen LogP contribution in [0, 0.1) is 11.6 Å². The number of para-hydroxylation sites is 2. The smallest absolute Gasteiger partial charge is 0.326 e. The van der Waals surface area contributed by atoms with E-state index in [9.17, 15) is 13.6 Å². The summed E-state index contributed by atoms with van der Waals surface area (Å²) in [6, 6.07) is 9.14. The van der Waals surface area contributed by atoms with Gasteiger partial charge >= 0.3 is 5.69 Å². The Balaban J connectivity index is 0.000000164. The number of nitrogens with one attached hydrogen (secondary N) is 2. The first-order valence-electron chi connectivity index (χ1n) is 6.50. The van der Waals surface area contributed by atoms with Crippen molar-refractivity contribution in [1.29, 1.82) is 0 Å². The molecule has 0 saturated heterocycles. The topological polar surface area (TPSA) is 75.8 Å². The number of nitrogens with zero attached hydrogens (tertiary/aromatic N) is 1. The Morgan fingerprint density at radius 1 is 1.14 bits per heavy atom. The summed E-state index contributed by atoms with van der Waals surface area (Å²) in [5, 5.41) is 2.66.